The Labute approximate surface area is 217 Å². The highest BCUT2D eigenvalue weighted by atomic mass is 32.2. The quantitative estimate of drug-likeness (QED) is 0.524. The standard InChI is InChI=1S/C28H27N3O5S/c1-2-36-28(34)30-16-14-29(15-17-30)26(32)21-12-13-25-23(18-21)31(19-20-8-4-3-5-9-20)27(33)22-10-6-7-11-24(22)37(25)35/h3-13,18H,2,14-17,19H2,1H3. The molecule has 8 nitrogen and oxygen atoms in total. The van der Waals surface area contributed by atoms with Crippen LogP contribution < -0.4 is 4.90 Å². The number of hydrogen-bond acceptors (Lipinski definition) is 5. The first-order valence-electron chi connectivity index (χ1n) is 12.2. The molecule has 3 aromatic rings. The SMILES string of the molecule is CCOC(=O)N1CCN(C(=O)c2ccc3c(c2)N(Cc2ccccc2)C(=O)c2ccccc2S3=O)CC1. The van der Waals surface area contributed by atoms with Gasteiger partial charge in [-0.3, -0.25) is 9.59 Å². The smallest absolute Gasteiger partial charge is 0.409 e. The molecule has 1 fully saturated rings. The summed E-state index contributed by atoms with van der Waals surface area (Å²) in [5.41, 5.74) is 2.16. The van der Waals surface area contributed by atoms with E-state index in [1.165, 1.54) is 0 Å². The Balaban J connectivity index is 1.48. The van der Waals surface area contributed by atoms with Crippen LogP contribution in [0, 0.1) is 0 Å². The van der Waals surface area contributed by atoms with Gasteiger partial charge < -0.3 is 19.4 Å². The Morgan fingerprint density at radius 3 is 2.27 bits per heavy atom. The number of carbonyl (C=O) groups is 3. The lowest BCUT2D eigenvalue weighted by Crippen LogP contribution is -2.50. The summed E-state index contributed by atoms with van der Waals surface area (Å²) in [5.74, 6) is -0.467. The molecule has 3 aromatic carbocycles. The summed E-state index contributed by atoms with van der Waals surface area (Å²) in [6, 6.07) is 21.5. The van der Waals surface area contributed by atoms with Crippen molar-refractivity contribution >= 4 is 34.4 Å². The third-order valence-corrected chi connectivity index (χ3v) is 8.04. The summed E-state index contributed by atoms with van der Waals surface area (Å²) in [7, 11) is -1.59. The van der Waals surface area contributed by atoms with Crippen LogP contribution >= 0.6 is 0 Å². The molecule has 0 saturated carbocycles. The molecule has 0 spiro atoms. The second kappa shape index (κ2) is 10.6. The predicted octanol–water partition coefficient (Wildman–Crippen LogP) is 3.93. The Kier molecular flexibility index (Phi) is 7.05. The highest BCUT2D eigenvalue weighted by molar-refractivity contribution is 7.85. The van der Waals surface area contributed by atoms with Crippen molar-refractivity contribution in [1.29, 1.82) is 0 Å². The minimum Gasteiger partial charge on any atom is -0.450 e. The number of rotatable bonds is 4. The van der Waals surface area contributed by atoms with Crippen molar-refractivity contribution in [1.82, 2.24) is 9.80 Å². The monoisotopic (exact) mass is 517 g/mol. The van der Waals surface area contributed by atoms with Crippen molar-refractivity contribution in [3.63, 3.8) is 0 Å². The minimum absolute atomic E-state index is 0.203. The fraction of sp³-hybridized carbons (Fsp3) is 0.250. The van der Waals surface area contributed by atoms with Crippen LogP contribution in [0.1, 0.15) is 33.2 Å². The molecule has 1 atom stereocenters. The molecule has 0 aliphatic carbocycles. The lowest BCUT2D eigenvalue weighted by molar-refractivity contribution is 0.0570. The van der Waals surface area contributed by atoms with Gasteiger partial charge >= 0.3 is 6.09 Å². The van der Waals surface area contributed by atoms with Crippen molar-refractivity contribution in [2.24, 2.45) is 0 Å². The first-order chi connectivity index (χ1) is 18.0. The maximum absolute atomic E-state index is 13.7. The van der Waals surface area contributed by atoms with Crippen molar-refractivity contribution in [2.45, 2.75) is 23.3 Å². The normalized spacial score (nSPS) is 17.1. The average molecular weight is 518 g/mol. The Morgan fingerprint density at radius 2 is 1.54 bits per heavy atom. The van der Waals surface area contributed by atoms with Gasteiger partial charge in [0.15, 0.2) is 0 Å². The maximum atomic E-state index is 13.7. The second-order valence-electron chi connectivity index (χ2n) is 8.80. The highest BCUT2D eigenvalue weighted by Gasteiger charge is 2.32. The largest absolute Gasteiger partial charge is 0.450 e. The molecule has 190 valence electrons. The van der Waals surface area contributed by atoms with E-state index in [0.717, 1.165) is 5.56 Å². The van der Waals surface area contributed by atoms with Gasteiger partial charge in [-0.15, -0.1) is 0 Å². The van der Waals surface area contributed by atoms with E-state index in [1.807, 2.05) is 30.3 Å². The summed E-state index contributed by atoms with van der Waals surface area (Å²) < 4.78 is 18.7. The van der Waals surface area contributed by atoms with Crippen LogP contribution in [0.15, 0.2) is 82.6 Å². The molecule has 2 heterocycles. The second-order valence-corrected chi connectivity index (χ2v) is 10.2. The molecule has 2 aliphatic heterocycles. The van der Waals surface area contributed by atoms with E-state index in [4.69, 9.17) is 4.74 Å². The van der Waals surface area contributed by atoms with E-state index in [1.54, 1.807) is 64.1 Å². The van der Waals surface area contributed by atoms with Crippen LogP contribution in [0.4, 0.5) is 10.5 Å². The van der Waals surface area contributed by atoms with Crippen LogP contribution in [0.2, 0.25) is 0 Å². The van der Waals surface area contributed by atoms with Crippen LogP contribution in [0.25, 0.3) is 0 Å². The molecule has 3 amide bonds. The van der Waals surface area contributed by atoms with Crippen molar-refractivity contribution < 1.29 is 23.3 Å². The van der Waals surface area contributed by atoms with Gasteiger partial charge in [0.05, 0.1) is 45.0 Å². The molecule has 1 unspecified atom stereocenters. The van der Waals surface area contributed by atoms with E-state index in [9.17, 15) is 18.6 Å². The van der Waals surface area contributed by atoms with Crippen LogP contribution in [-0.4, -0.2) is 64.7 Å². The first kappa shape index (κ1) is 24.7. The molecule has 9 heteroatoms. The molecule has 0 N–H and O–H groups in total. The molecular weight excluding hydrogens is 490 g/mol. The number of nitrogens with zero attached hydrogens (tertiary/aromatic N) is 3. The van der Waals surface area contributed by atoms with Gasteiger partial charge in [0.2, 0.25) is 0 Å². The van der Waals surface area contributed by atoms with Gasteiger partial charge in [-0.25, -0.2) is 9.00 Å². The zero-order chi connectivity index (χ0) is 25.9. The van der Waals surface area contributed by atoms with Crippen LogP contribution in [-0.2, 0) is 22.1 Å². The number of benzene rings is 3. The molecule has 37 heavy (non-hydrogen) atoms. The Bertz CT molecular complexity index is 1370. The first-order valence-corrected chi connectivity index (χ1v) is 13.3. The van der Waals surface area contributed by atoms with E-state index < -0.39 is 10.8 Å². The van der Waals surface area contributed by atoms with Crippen LogP contribution in [0.3, 0.4) is 0 Å². The van der Waals surface area contributed by atoms with Crippen molar-refractivity contribution in [3.05, 3.63) is 89.5 Å². The Morgan fingerprint density at radius 1 is 0.865 bits per heavy atom. The third-order valence-electron chi connectivity index (χ3n) is 6.54. The number of amides is 3. The van der Waals surface area contributed by atoms with Gasteiger partial charge in [-0.05, 0) is 42.8 Å². The zero-order valence-corrected chi connectivity index (χ0v) is 21.3. The van der Waals surface area contributed by atoms with Gasteiger partial charge in [0.1, 0.15) is 0 Å². The van der Waals surface area contributed by atoms with E-state index >= 15 is 0 Å². The fourth-order valence-corrected chi connectivity index (χ4v) is 5.95. The van der Waals surface area contributed by atoms with Gasteiger partial charge in [-0.2, -0.15) is 0 Å². The van der Waals surface area contributed by atoms with Crippen molar-refractivity contribution in [2.75, 3.05) is 37.7 Å². The summed E-state index contributed by atoms with van der Waals surface area (Å²) in [6.07, 6.45) is -0.378. The minimum atomic E-state index is -1.59. The summed E-state index contributed by atoms with van der Waals surface area (Å²) in [6.45, 7) is 3.84. The molecule has 0 radical (unpaired) electrons. The number of ether oxygens (including phenoxy) is 1. The summed E-state index contributed by atoms with van der Waals surface area (Å²) in [4.78, 5) is 45.0. The Hall–Kier alpha value is -3.98. The molecule has 2 aliphatic rings. The van der Waals surface area contributed by atoms with Gasteiger partial charge in [-0.1, -0.05) is 42.5 Å². The fourth-order valence-electron chi connectivity index (χ4n) is 4.61. The van der Waals surface area contributed by atoms with Gasteiger partial charge in [0.25, 0.3) is 11.8 Å². The van der Waals surface area contributed by atoms with Crippen molar-refractivity contribution in [3.8, 4) is 0 Å². The number of anilines is 1. The summed E-state index contributed by atoms with van der Waals surface area (Å²) >= 11 is 0. The van der Waals surface area contributed by atoms with Crippen LogP contribution in [0.5, 0.6) is 0 Å². The summed E-state index contributed by atoms with van der Waals surface area (Å²) in [5, 5.41) is 0. The number of piperazine rings is 1. The highest BCUT2D eigenvalue weighted by Crippen LogP contribution is 2.36. The third kappa shape index (κ3) is 4.86. The average Bonchev–Trinajstić information content (AvgIpc) is 3.03. The van der Waals surface area contributed by atoms with Gasteiger partial charge in [0, 0.05) is 31.7 Å². The molecule has 0 bridgehead atoms. The van der Waals surface area contributed by atoms with E-state index in [2.05, 4.69) is 0 Å². The zero-order valence-electron chi connectivity index (χ0n) is 20.5. The maximum Gasteiger partial charge on any atom is 0.409 e. The molecule has 0 aromatic heterocycles. The number of carbonyl (C=O) groups excluding carboxylic acids is 3. The molecular formula is C28H27N3O5S. The van der Waals surface area contributed by atoms with E-state index in [0.29, 0.717) is 59.4 Å². The number of hydrogen-bond donors (Lipinski definition) is 0. The molecule has 5 rings (SSSR count). The topological polar surface area (TPSA) is 87.2 Å². The lowest BCUT2D eigenvalue weighted by Gasteiger charge is -2.34. The number of fused-ring (bicyclic) bond motifs is 2. The predicted molar refractivity (Wildman–Crippen MR) is 139 cm³/mol. The molecule has 1 saturated heterocycles. The van der Waals surface area contributed by atoms with E-state index in [-0.39, 0.29) is 24.5 Å². The lowest BCUT2D eigenvalue weighted by atomic mass is 10.1.